The molecule has 154 valence electrons. The zero-order valence-corrected chi connectivity index (χ0v) is 17.2. The number of benzene rings is 2. The van der Waals surface area contributed by atoms with Crippen molar-refractivity contribution in [2.24, 2.45) is 0 Å². The van der Waals surface area contributed by atoms with Crippen LogP contribution in [-0.4, -0.2) is 34.3 Å². The average Bonchev–Trinajstić information content (AvgIpc) is 3.39. The Morgan fingerprint density at radius 3 is 2.60 bits per heavy atom. The van der Waals surface area contributed by atoms with Crippen molar-refractivity contribution in [3.05, 3.63) is 66.6 Å². The minimum atomic E-state index is -0.182. The van der Waals surface area contributed by atoms with Crippen molar-refractivity contribution >= 4 is 35.3 Å². The molecule has 1 aromatic heterocycles. The molecule has 0 aliphatic carbocycles. The topological polar surface area (TPSA) is 88.3 Å². The van der Waals surface area contributed by atoms with Crippen LogP contribution in [0.5, 0.6) is 0 Å². The number of amides is 2. The van der Waals surface area contributed by atoms with Gasteiger partial charge in [0.2, 0.25) is 17.7 Å². The van der Waals surface area contributed by atoms with Crippen molar-refractivity contribution in [3.8, 4) is 0 Å². The van der Waals surface area contributed by atoms with E-state index in [1.807, 2.05) is 48.5 Å². The Kier molecular flexibility index (Phi) is 6.44. The van der Waals surface area contributed by atoms with E-state index in [2.05, 4.69) is 27.6 Å². The smallest absolute Gasteiger partial charge is 0.322 e. The molecule has 3 aromatic rings. The Hall–Kier alpha value is -3.13. The molecule has 2 amide bonds. The first-order chi connectivity index (χ1) is 14.7. The number of para-hydroxylation sites is 1. The molecule has 1 N–H and O–H groups in total. The number of hydrogen-bond acceptors (Lipinski definition) is 6. The number of anilines is 2. The molecule has 30 heavy (non-hydrogen) atoms. The van der Waals surface area contributed by atoms with E-state index < -0.39 is 0 Å². The van der Waals surface area contributed by atoms with Gasteiger partial charge in [-0.2, -0.15) is 0 Å². The highest BCUT2D eigenvalue weighted by Crippen LogP contribution is 2.31. The second-order valence-electron chi connectivity index (χ2n) is 7.00. The predicted molar refractivity (Wildman–Crippen MR) is 115 cm³/mol. The third kappa shape index (κ3) is 5.07. The third-order valence-electron chi connectivity index (χ3n) is 4.79. The van der Waals surface area contributed by atoms with E-state index in [9.17, 15) is 9.59 Å². The van der Waals surface area contributed by atoms with Gasteiger partial charge in [-0.15, -0.1) is 16.9 Å². The molecule has 0 bridgehead atoms. The normalized spacial score (nSPS) is 16.1. The lowest BCUT2D eigenvalue weighted by molar-refractivity contribution is -0.117. The largest absolute Gasteiger partial charge is 0.407 e. The van der Waals surface area contributed by atoms with Crippen LogP contribution in [0.1, 0.15) is 31.1 Å². The molecular formula is C22H22N4O3S. The second kappa shape index (κ2) is 9.58. The van der Waals surface area contributed by atoms with E-state index in [0.29, 0.717) is 25.3 Å². The van der Waals surface area contributed by atoms with Crippen LogP contribution in [0.15, 0.2) is 70.0 Å². The van der Waals surface area contributed by atoms with E-state index >= 15 is 0 Å². The number of nitrogens with one attached hydrogen (secondary N) is 1. The van der Waals surface area contributed by atoms with E-state index in [0.717, 1.165) is 17.9 Å². The fraction of sp³-hybridized carbons (Fsp3) is 0.273. The van der Waals surface area contributed by atoms with Gasteiger partial charge in [-0.3, -0.25) is 14.9 Å². The summed E-state index contributed by atoms with van der Waals surface area (Å²) in [4.78, 5) is 27.4. The molecule has 1 unspecified atom stereocenters. The molecular weight excluding hydrogens is 400 g/mol. The minimum Gasteiger partial charge on any atom is -0.407 e. The number of hydrogen-bond donors (Lipinski definition) is 1. The molecule has 1 aliphatic heterocycles. The maximum absolute atomic E-state index is 12.4. The lowest BCUT2D eigenvalue weighted by Gasteiger charge is -2.15. The monoisotopic (exact) mass is 422 g/mol. The summed E-state index contributed by atoms with van der Waals surface area (Å²) in [5.74, 6) is 0.902. The minimum absolute atomic E-state index is 0.0194. The Morgan fingerprint density at radius 1 is 1.10 bits per heavy atom. The van der Waals surface area contributed by atoms with E-state index in [1.54, 1.807) is 16.7 Å². The Bertz CT molecular complexity index is 994. The van der Waals surface area contributed by atoms with Crippen LogP contribution >= 0.6 is 11.8 Å². The van der Waals surface area contributed by atoms with Crippen molar-refractivity contribution in [1.29, 1.82) is 0 Å². The second-order valence-corrected chi connectivity index (χ2v) is 8.17. The first kappa shape index (κ1) is 20.2. The van der Waals surface area contributed by atoms with Crippen LogP contribution < -0.4 is 10.2 Å². The summed E-state index contributed by atoms with van der Waals surface area (Å²) < 4.78 is 5.61. The molecule has 0 spiro atoms. The molecule has 1 aliphatic rings. The molecule has 0 saturated carbocycles. The summed E-state index contributed by atoms with van der Waals surface area (Å²) in [5.41, 5.74) is 0.853. The van der Waals surface area contributed by atoms with Crippen molar-refractivity contribution < 1.29 is 14.0 Å². The van der Waals surface area contributed by atoms with Gasteiger partial charge in [-0.05, 0) is 36.4 Å². The van der Waals surface area contributed by atoms with Crippen molar-refractivity contribution in [1.82, 2.24) is 10.2 Å². The predicted octanol–water partition coefficient (Wildman–Crippen LogP) is 4.10. The number of rotatable bonds is 8. The summed E-state index contributed by atoms with van der Waals surface area (Å²) in [6.45, 7) is 0.481. The lowest BCUT2D eigenvalue weighted by atomic mass is 10.1. The average molecular weight is 423 g/mol. The highest BCUT2D eigenvalue weighted by Gasteiger charge is 2.35. The quantitative estimate of drug-likeness (QED) is 0.434. The molecule has 2 heterocycles. The Balaban J connectivity index is 1.25. The molecule has 7 nitrogen and oxygen atoms in total. The van der Waals surface area contributed by atoms with Gasteiger partial charge < -0.3 is 9.32 Å². The fourth-order valence-electron chi connectivity index (χ4n) is 3.30. The van der Waals surface area contributed by atoms with Gasteiger partial charge in [0.25, 0.3) is 0 Å². The molecule has 8 heteroatoms. The number of carbonyl (C=O) groups excluding carboxylic acids is 2. The Morgan fingerprint density at radius 2 is 1.83 bits per heavy atom. The number of aromatic nitrogens is 2. The number of thioether (sulfide) groups is 1. The zero-order valence-electron chi connectivity index (χ0n) is 16.4. The standard InChI is InChI=1S/C22H22N4O3S/c27-19(12-7-13-30-18-10-5-2-6-11-18)23-22-25-24-21(29-22)16-14-20(28)26(15-16)17-8-3-1-4-9-17/h1-6,8-11,16H,7,12-15H2,(H,23,25,27). The van der Waals surface area contributed by atoms with E-state index in [4.69, 9.17) is 4.42 Å². The summed E-state index contributed by atoms with van der Waals surface area (Å²) in [6.07, 6.45) is 1.43. The van der Waals surface area contributed by atoms with Crippen molar-refractivity contribution in [2.45, 2.75) is 30.1 Å². The number of nitrogens with zero attached hydrogens (tertiary/aromatic N) is 3. The summed E-state index contributed by atoms with van der Waals surface area (Å²) in [6, 6.07) is 19.7. The van der Waals surface area contributed by atoms with Gasteiger partial charge in [0, 0.05) is 30.0 Å². The summed E-state index contributed by atoms with van der Waals surface area (Å²) >= 11 is 1.72. The summed E-state index contributed by atoms with van der Waals surface area (Å²) in [5, 5.41) is 10.6. The third-order valence-corrected chi connectivity index (χ3v) is 5.89. The lowest BCUT2D eigenvalue weighted by Crippen LogP contribution is -2.24. The van der Waals surface area contributed by atoms with E-state index in [-0.39, 0.29) is 23.7 Å². The summed E-state index contributed by atoms with van der Waals surface area (Å²) in [7, 11) is 0. The molecule has 1 atom stereocenters. The molecule has 1 saturated heterocycles. The van der Waals surface area contributed by atoms with Gasteiger partial charge >= 0.3 is 6.01 Å². The maximum atomic E-state index is 12.4. The molecule has 1 fully saturated rings. The highest BCUT2D eigenvalue weighted by atomic mass is 32.2. The van der Waals surface area contributed by atoms with Gasteiger partial charge in [-0.1, -0.05) is 41.5 Å². The van der Waals surface area contributed by atoms with Crippen LogP contribution in [0.3, 0.4) is 0 Å². The first-order valence-electron chi connectivity index (χ1n) is 9.85. The molecule has 4 rings (SSSR count). The molecule has 2 aromatic carbocycles. The maximum Gasteiger partial charge on any atom is 0.322 e. The Labute approximate surface area is 178 Å². The first-order valence-corrected chi connectivity index (χ1v) is 10.8. The van der Waals surface area contributed by atoms with Crippen LogP contribution in [0.4, 0.5) is 11.7 Å². The molecule has 0 radical (unpaired) electrons. The van der Waals surface area contributed by atoms with E-state index in [1.165, 1.54) is 4.90 Å². The van der Waals surface area contributed by atoms with Gasteiger partial charge in [0.1, 0.15) is 0 Å². The van der Waals surface area contributed by atoms with Crippen LogP contribution in [0.2, 0.25) is 0 Å². The van der Waals surface area contributed by atoms with Gasteiger partial charge in [0.05, 0.1) is 5.92 Å². The van der Waals surface area contributed by atoms with Gasteiger partial charge in [0.15, 0.2) is 0 Å². The number of carbonyl (C=O) groups is 2. The fourth-order valence-corrected chi connectivity index (χ4v) is 4.18. The van der Waals surface area contributed by atoms with Crippen molar-refractivity contribution in [2.75, 3.05) is 22.5 Å². The van der Waals surface area contributed by atoms with Crippen LogP contribution in [0, 0.1) is 0 Å². The highest BCUT2D eigenvalue weighted by molar-refractivity contribution is 7.99. The van der Waals surface area contributed by atoms with Crippen molar-refractivity contribution in [3.63, 3.8) is 0 Å². The SMILES string of the molecule is O=C(CCCSc1ccccc1)Nc1nnc(C2CC(=O)N(c3ccccc3)C2)o1. The van der Waals surface area contributed by atoms with Crippen LogP contribution in [0.25, 0.3) is 0 Å². The van der Waals surface area contributed by atoms with Gasteiger partial charge in [-0.25, -0.2) is 0 Å². The van der Waals surface area contributed by atoms with Crippen LogP contribution in [-0.2, 0) is 9.59 Å². The zero-order chi connectivity index (χ0) is 20.8.